The van der Waals surface area contributed by atoms with Gasteiger partial charge in [0, 0.05) is 25.7 Å². The molecule has 0 radical (unpaired) electrons. The van der Waals surface area contributed by atoms with Gasteiger partial charge in [0.2, 0.25) is 5.91 Å². The van der Waals surface area contributed by atoms with Crippen molar-refractivity contribution in [2.24, 2.45) is 5.92 Å². The molecular weight excluding hydrogens is 300 g/mol. The lowest BCUT2D eigenvalue weighted by molar-refractivity contribution is -0.132. The molecule has 1 aromatic rings. The van der Waals surface area contributed by atoms with E-state index < -0.39 is 0 Å². The number of carbonyl (C=O) groups excluding carboxylic acids is 1. The lowest BCUT2D eigenvalue weighted by atomic mass is 9.91. The fraction of sp³-hybridized carbons (Fsp3) is 0.650. The molecule has 1 aliphatic carbocycles. The van der Waals surface area contributed by atoms with E-state index in [1.54, 1.807) is 0 Å². The molecule has 132 valence electrons. The fourth-order valence-electron chi connectivity index (χ4n) is 3.55. The van der Waals surface area contributed by atoms with Gasteiger partial charge in [-0.25, -0.2) is 0 Å². The van der Waals surface area contributed by atoms with Crippen LogP contribution >= 0.6 is 0 Å². The van der Waals surface area contributed by atoms with E-state index in [1.165, 1.54) is 24.8 Å². The van der Waals surface area contributed by atoms with Gasteiger partial charge in [0.25, 0.3) is 0 Å². The van der Waals surface area contributed by atoms with E-state index in [4.69, 9.17) is 4.74 Å². The van der Waals surface area contributed by atoms with Crippen molar-refractivity contribution in [3.63, 3.8) is 0 Å². The van der Waals surface area contributed by atoms with Gasteiger partial charge in [-0.3, -0.25) is 9.69 Å². The molecular formula is C20H30N2O2. The summed E-state index contributed by atoms with van der Waals surface area (Å²) in [6, 6.07) is 10.9. The van der Waals surface area contributed by atoms with Crippen molar-refractivity contribution in [1.29, 1.82) is 0 Å². The molecule has 0 aromatic heterocycles. The van der Waals surface area contributed by atoms with Gasteiger partial charge in [-0.1, -0.05) is 50.6 Å². The summed E-state index contributed by atoms with van der Waals surface area (Å²) in [7, 11) is 0. The Bertz CT molecular complexity index is 528. The topological polar surface area (TPSA) is 32.8 Å². The third-order valence-electron chi connectivity index (χ3n) is 5.06. The maximum absolute atomic E-state index is 12.7. The minimum atomic E-state index is 0.0935. The van der Waals surface area contributed by atoms with Crippen LogP contribution in [0.3, 0.4) is 0 Å². The summed E-state index contributed by atoms with van der Waals surface area (Å²) >= 11 is 0. The third-order valence-corrected chi connectivity index (χ3v) is 5.06. The van der Waals surface area contributed by atoms with Crippen molar-refractivity contribution < 1.29 is 9.53 Å². The van der Waals surface area contributed by atoms with E-state index in [0.29, 0.717) is 31.7 Å². The highest BCUT2D eigenvalue weighted by atomic mass is 16.5. The number of ether oxygens (including phenoxy) is 1. The molecule has 3 rings (SSSR count). The molecule has 1 aliphatic heterocycles. The zero-order valence-corrected chi connectivity index (χ0v) is 15.0. The average molecular weight is 330 g/mol. The zero-order valence-electron chi connectivity index (χ0n) is 15.0. The van der Waals surface area contributed by atoms with Crippen molar-refractivity contribution in [2.75, 3.05) is 26.2 Å². The average Bonchev–Trinajstić information content (AvgIpc) is 2.64. The van der Waals surface area contributed by atoms with Crippen molar-refractivity contribution in [1.82, 2.24) is 9.80 Å². The van der Waals surface area contributed by atoms with Crippen LogP contribution in [-0.2, 0) is 16.1 Å². The highest BCUT2D eigenvalue weighted by Crippen LogP contribution is 2.26. The maximum Gasteiger partial charge on any atom is 0.236 e. The molecule has 4 nitrogen and oxygen atoms in total. The summed E-state index contributed by atoms with van der Waals surface area (Å²) in [5.74, 6) is 0.750. The lowest BCUT2D eigenvalue weighted by Crippen LogP contribution is -2.45. The molecule has 1 amide bonds. The van der Waals surface area contributed by atoms with E-state index in [0.717, 1.165) is 13.1 Å². The van der Waals surface area contributed by atoms with Crippen LogP contribution in [0.4, 0.5) is 0 Å². The van der Waals surface area contributed by atoms with E-state index in [-0.39, 0.29) is 12.0 Å². The molecule has 1 saturated carbocycles. The highest BCUT2D eigenvalue weighted by molar-refractivity contribution is 5.78. The molecule has 2 fully saturated rings. The standard InChI is InChI=1S/C20H30N2O2/c1-16(2)11-22-13-19(24-15-17-7-4-3-5-8-17)12-21(14-20(22)23)18-9-6-10-18/h3-5,7-8,16,18-19H,6,9-15H2,1-2H3. The van der Waals surface area contributed by atoms with Crippen LogP contribution in [0.5, 0.6) is 0 Å². The Balaban J connectivity index is 1.65. The van der Waals surface area contributed by atoms with Gasteiger partial charge in [-0.2, -0.15) is 0 Å². The predicted molar refractivity (Wildman–Crippen MR) is 95.6 cm³/mol. The molecule has 1 unspecified atom stereocenters. The Kier molecular flexibility index (Phi) is 5.90. The first-order valence-electron chi connectivity index (χ1n) is 9.29. The summed E-state index contributed by atoms with van der Waals surface area (Å²) in [6.45, 7) is 7.92. The molecule has 1 saturated heterocycles. The first-order chi connectivity index (χ1) is 11.6. The number of hydrogen-bond acceptors (Lipinski definition) is 3. The van der Waals surface area contributed by atoms with Crippen LogP contribution < -0.4 is 0 Å². The molecule has 24 heavy (non-hydrogen) atoms. The third kappa shape index (κ3) is 4.58. The number of nitrogens with zero attached hydrogens (tertiary/aromatic N) is 2. The Morgan fingerprint density at radius 1 is 1.17 bits per heavy atom. The van der Waals surface area contributed by atoms with Crippen LogP contribution in [0.15, 0.2) is 30.3 Å². The Morgan fingerprint density at radius 2 is 1.92 bits per heavy atom. The number of rotatable bonds is 6. The van der Waals surface area contributed by atoms with Gasteiger partial charge >= 0.3 is 0 Å². The van der Waals surface area contributed by atoms with Crippen LogP contribution in [0.2, 0.25) is 0 Å². The quantitative estimate of drug-likeness (QED) is 0.804. The first-order valence-corrected chi connectivity index (χ1v) is 9.29. The minimum Gasteiger partial charge on any atom is -0.370 e. The predicted octanol–water partition coefficient (Wildman–Crippen LogP) is 2.92. The summed E-state index contributed by atoms with van der Waals surface area (Å²) in [5, 5.41) is 0. The Morgan fingerprint density at radius 3 is 2.54 bits per heavy atom. The van der Waals surface area contributed by atoms with Crippen molar-refractivity contribution in [3.8, 4) is 0 Å². The van der Waals surface area contributed by atoms with Gasteiger partial charge in [0.05, 0.1) is 19.3 Å². The van der Waals surface area contributed by atoms with Gasteiger partial charge in [-0.05, 0) is 24.3 Å². The van der Waals surface area contributed by atoms with Crippen molar-refractivity contribution >= 4 is 5.91 Å². The molecule has 0 bridgehead atoms. The first kappa shape index (κ1) is 17.4. The van der Waals surface area contributed by atoms with Crippen molar-refractivity contribution in [3.05, 3.63) is 35.9 Å². The second-order valence-electron chi connectivity index (χ2n) is 7.63. The van der Waals surface area contributed by atoms with Crippen LogP contribution in [0.25, 0.3) is 0 Å². The van der Waals surface area contributed by atoms with E-state index in [2.05, 4.69) is 30.9 Å². The second kappa shape index (κ2) is 8.13. The number of hydrogen-bond donors (Lipinski definition) is 0. The number of amides is 1. The molecule has 1 heterocycles. The summed E-state index contributed by atoms with van der Waals surface area (Å²) in [6.07, 6.45) is 3.84. The molecule has 0 N–H and O–H groups in total. The van der Waals surface area contributed by atoms with Gasteiger partial charge < -0.3 is 9.64 Å². The van der Waals surface area contributed by atoms with Gasteiger partial charge in [0.1, 0.15) is 0 Å². The van der Waals surface area contributed by atoms with E-state index >= 15 is 0 Å². The van der Waals surface area contributed by atoms with Crippen LogP contribution in [-0.4, -0.2) is 54.0 Å². The fourth-order valence-corrected chi connectivity index (χ4v) is 3.55. The monoisotopic (exact) mass is 330 g/mol. The normalized spacial score (nSPS) is 23.4. The smallest absolute Gasteiger partial charge is 0.236 e. The maximum atomic E-state index is 12.7. The lowest BCUT2D eigenvalue weighted by Gasteiger charge is -2.37. The summed E-state index contributed by atoms with van der Waals surface area (Å²) in [5.41, 5.74) is 1.19. The Hall–Kier alpha value is -1.39. The SMILES string of the molecule is CC(C)CN1CC(OCc2ccccc2)CN(C2CCC2)CC1=O. The molecule has 0 spiro atoms. The zero-order chi connectivity index (χ0) is 16.9. The number of benzene rings is 1. The summed E-state index contributed by atoms with van der Waals surface area (Å²) < 4.78 is 6.22. The molecule has 4 heteroatoms. The van der Waals surface area contributed by atoms with Crippen LogP contribution in [0, 0.1) is 5.92 Å². The molecule has 1 atom stereocenters. The van der Waals surface area contributed by atoms with Gasteiger partial charge in [-0.15, -0.1) is 0 Å². The minimum absolute atomic E-state index is 0.0935. The van der Waals surface area contributed by atoms with Crippen molar-refractivity contribution in [2.45, 2.75) is 51.9 Å². The molecule has 1 aromatic carbocycles. The Labute approximate surface area is 145 Å². The van der Waals surface area contributed by atoms with E-state index in [9.17, 15) is 4.79 Å². The summed E-state index contributed by atoms with van der Waals surface area (Å²) in [4.78, 5) is 17.0. The second-order valence-corrected chi connectivity index (χ2v) is 7.63. The number of carbonyl (C=O) groups is 1. The van der Waals surface area contributed by atoms with E-state index in [1.807, 2.05) is 23.1 Å². The van der Waals surface area contributed by atoms with Gasteiger partial charge in [0.15, 0.2) is 0 Å². The highest BCUT2D eigenvalue weighted by Gasteiger charge is 2.34. The molecule has 2 aliphatic rings. The largest absolute Gasteiger partial charge is 0.370 e. The van der Waals surface area contributed by atoms with Crippen LogP contribution in [0.1, 0.15) is 38.7 Å².